The number of urea groups is 1. The lowest BCUT2D eigenvalue weighted by atomic mass is 10.1. The minimum absolute atomic E-state index is 0.127. The fourth-order valence-corrected chi connectivity index (χ4v) is 3.19. The lowest BCUT2D eigenvalue weighted by Crippen LogP contribution is -2.50. The SMILES string of the molecule is Cc1cc(C)c(NC(=O)N2CCN(c3ncccn3)CC2)c(Cl)c1. The summed E-state index contributed by atoms with van der Waals surface area (Å²) in [6.45, 7) is 6.57. The quantitative estimate of drug-likeness (QED) is 0.908. The predicted octanol–water partition coefficient (Wildman–Crippen LogP) is 3.10. The lowest BCUT2D eigenvalue weighted by Gasteiger charge is -2.34. The van der Waals surface area contributed by atoms with Crippen LogP contribution >= 0.6 is 11.6 Å². The Labute approximate surface area is 146 Å². The second-order valence-corrected chi connectivity index (χ2v) is 6.30. The minimum atomic E-state index is -0.127. The fourth-order valence-electron chi connectivity index (χ4n) is 2.82. The Hall–Kier alpha value is -2.34. The lowest BCUT2D eigenvalue weighted by molar-refractivity contribution is 0.208. The number of carbonyl (C=O) groups excluding carboxylic acids is 1. The molecule has 1 fully saturated rings. The molecule has 1 aliphatic rings. The maximum Gasteiger partial charge on any atom is 0.322 e. The van der Waals surface area contributed by atoms with Gasteiger partial charge >= 0.3 is 6.03 Å². The summed E-state index contributed by atoms with van der Waals surface area (Å²) in [7, 11) is 0. The highest BCUT2D eigenvalue weighted by molar-refractivity contribution is 6.34. The van der Waals surface area contributed by atoms with Crippen molar-refractivity contribution in [2.45, 2.75) is 13.8 Å². The molecular formula is C17H20ClN5O. The standard InChI is InChI=1S/C17H20ClN5O/c1-12-10-13(2)15(14(18)11-12)21-17(24)23-8-6-22(7-9-23)16-19-4-3-5-20-16/h3-5,10-11H,6-9H2,1-2H3,(H,21,24). The van der Waals surface area contributed by atoms with Crippen molar-refractivity contribution in [1.82, 2.24) is 14.9 Å². The fraction of sp³-hybridized carbons (Fsp3) is 0.353. The van der Waals surface area contributed by atoms with Crippen LogP contribution in [0.25, 0.3) is 0 Å². The van der Waals surface area contributed by atoms with Gasteiger partial charge in [-0.15, -0.1) is 0 Å². The van der Waals surface area contributed by atoms with Gasteiger partial charge in [0.05, 0.1) is 10.7 Å². The van der Waals surface area contributed by atoms with Crippen molar-refractivity contribution in [3.05, 3.63) is 46.7 Å². The number of nitrogens with one attached hydrogen (secondary N) is 1. The summed E-state index contributed by atoms with van der Waals surface area (Å²) < 4.78 is 0. The van der Waals surface area contributed by atoms with Gasteiger partial charge in [0.15, 0.2) is 0 Å². The predicted molar refractivity (Wildman–Crippen MR) is 95.8 cm³/mol. The molecule has 1 aromatic heterocycles. The van der Waals surface area contributed by atoms with E-state index in [1.54, 1.807) is 23.4 Å². The van der Waals surface area contributed by atoms with E-state index in [1.807, 2.05) is 26.0 Å². The van der Waals surface area contributed by atoms with E-state index in [9.17, 15) is 4.79 Å². The van der Waals surface area contributed by atoms with Gasteiger partial charge in [-0.1, -0.05) is 17.7 Å². The molecule has 126 valence electrons. The molecule has 6 nitrogen and oxygen atoms in total. The van der Waals surface area contributed by atoms with Gasteiger partial charge < -0.3 is 15.1 Å². The Balaban J connectivity index is 1.62. The first-order valence-corrected chi connectivity index (χ1v) is 8.27. The number of aryl methyl sites for hydroxylation is 2. The topological polar surface area (TPSA) is 61.4 Å². The molecule has 0 radical (unpaired) electrons. The van der Waals surface area contributed by atoms with Gasteiger partial charge in [-0.05, 0) is 37.1 Å². The number of rotatable bonds is 2. The Kier molecular flexibility index (Phi) is 4.85. The van der Waals surface area contributed by atoms with Crippen molar-refractivity contribution in [3.63, 3.8) is 0 Å². The zero-order valence-corrected chi connectivity index (χ0v) is 14.5. The number of amides is 2. The molecule has 2 amide bonds. The molecule has 1 aliphatic heterocycles. The number of anilines is 2. The first-order valence-electron chi connectivity index (χ1n) is 7.89. The molecule has 2 heterocycles. The highest BCUT2D eigenvalue weighted by Crippen LogP contribution is 2.27. The van der Waals surface area contributed by atoms with Gasteiger partial charge in [-0.3, -0.25) is 0 Å². The van der Waals surface area contributed by atoms with Crippen LogP contribution in [0.15, 0.2) is 30.6 Å². The Bertz CT molecular complexity index is 706. The number of nitrogens with zero attached hydrogens (tertiary/aromatic N) is 4. The third kappa shape index (κ3) is 3.59. The van der Waals surface area contributed by atoms with Crippen LogP contribution in [0, 0.1) is 13.8 Å². The molecule has 0 saturated carbocycles. The van der Waals surface area contributed by atoms with E-state index in [-0.39, 0.29) is 6.03 Å². The summed E-state index contributed by atoms with van der Waals surface area (Å²) in [4.78, 5) is 24.9. The smallest absolute Gasteiger partial charge is 0.322 e. The summed E-state index contributed by atoms with van der Waals surface area (Å²) in [5.41, 5.74) is 2.72. The van der Waals surface area contributed by atoms with Gasteiger partial charge in [0, 0.05) is 38.6 Å². The molecule has 0 bridgehead atoms. The maximum absolute atomic E-state index is 12.5. The van der Waals surface area contributed by atoms with Crippen LogP contribution in [-0.4, -0.2) is 47.1 Å². The Morgan fingerprint density at radius 3 is 2.42 bits per heavy atom. The third-order valence-corrected chi connectivity index (χ3v) is 4.36. The van der Waals surface area contributed by atoms with Crippen LogP contribution in [0.2, 0.25) is 5.02 Å². The van der Waals surface area contributed by atoms with Crippen molar-refractivity contribution in [1.29, 1.82) is 0 Å². The van der Waals surface area contributed by atoms with Gasteiger partial charge in [0.25, 0.3) is 0 Å². The van der Waals surface area contributed by atoms with Gasteiger partial charge in [-0.2, -0.15) is 0 Å². The average Bonchev–Trinajstić information content (AvgIpc) is 2.59. The number of aromatic nitrogens is 2. The van der Waals surface area contributed by atoms with E-state index >= 15 is 0 Å². The van der Waals surface area contributed by atoms with E-state index in [1.165, 1.54) is 0 Å². The van der Waals surface area contributed by atoms with Crippen molar-refractivity contribution < 1.29 is 4.79 Å². The summed E-state index contributed by atoms with van der Waals surface area (Å²) >= 11 is 6.26. The molecule has 0 aliphatic carbocycles. The Morgan fingerprint density at radius 2 is 1.79 bits per heavy atom. The molecule has 7 heteroatoms. The summed E-state index contributed by atoms with van der Waals surface area (Å²) in [5, 5.41) is 3.50. The monoisotopic (exact) mass is 345 g/mol. The molecule has 24 heavy (non-hydrogen) atoms. The van der Waals surface area contributed by atoms with Gasteiger partial charge in [0.2, 0.25) is 5.95 Å². The largest absolute Gasteiger partial charge is 0.337 e. The van der Waals surface area contributed by atoms with E-state index < -0.39 is 0 Å². The molecule has 2 aromatic rings. The molecule has 1 aromatic carbocycles. The van der Waals surface area contributed by atoms with Crippen LogP contribution < -0.4 is 10.2 Å². The van der Waals surface area contributed by atoms with Crippen molar-refractivity contribution >= 4 is 29.3 Å². The second kappa shape index (κ2) is 7.05. The number of hydrogen-bond donors (Lipinski definition) is 1. The molecule has 0 atom stereocenters. The average molecular weight is 346 g/mol. The van der Waals surface area contributed by atoms with E-state index in [0.717, 1.165) is 11.1 Å². The maximum atomic E-state index is 12.5. The minimum Gasteiger partial charge on any atom is -0.337 e. The summed E-state index contributed by atoms with van der Waals surface area (Å²) in [6, 6.07) is 5.53. The number of piperazine rings is 1. The second-order valence-electron chi connectivity index (χ2n) is 5.89. The molecule has 0 unspecified atom stereocenters. The summed E-state index contributed by atoms with van der Waals surface area (Å²) in [5.74, 6) is 0.704. The van der Waals surface area contributed by atoms with Gasteiger partial charge in [-0.25, -0.2) is 14.8 Å². The van der Waals surface area contributed by atoms with Crippen LogP contribution in [0.5, 0.6) is 0 Å². The first-order chi connectivity index (χ1) is 11.5. The van der Waals surface area contributed by atoms with Crippen LogP contribution in [-0.2, 0) is 0 Å². The number of carbonyl (C=O) groups is 1. The first kappa shape index (κ1) is 16.5. The van der Waals surface area contributed by atoms with Crippen molar-refractivity contribution in [2.24, 2.45) is 0 Å². The van der Waals surface area contributed by atoms with E-state index in [4.69, 9.17) is 11.6 Å². The van der Waals surface area contributed by atoms with Crippen molar-refractivity contribution in [3.8, 4) is 0 Å². The molecule has 1 N–H and O–H groups in total. The number of hydrogen-bond acceptors (Lipinski definition) is 4. The zero-order chi connectivity index (χ0) is 17.1. The zero-order valence-electron chi connectivity index (χ0n) is 13.8. The van der Waals surface area contributed by atoms with Crippen LogP contribution in [0.3, 0.4) is 0 Å². The Morgan fingerprint density at radius 1 is 1.12 bits per heavy atom. The van der Waals surface area contributed by atoms with Crippen LogP contribution in [0.4, 0.5) is 16.4 Å². The van der Waals surface area contributed by atoms with E-state index in [0.29, 0.717) is 42.8 Å². The number of halogens is 1. The van der Waals surface area contributed by atoms with Crippen molar-refractivity contribution in [2.75, 3.05) is 36.4 Å². The normalized spacial score (nSPS) is 14.6. The highest BCUT2D eigenvalue weighted by atomic mass is 35.5. The molecule has 0 spiro atoms. The van der Waals surface area contributed by atoms with Crippen LogP contribution in [0.1, 0.15) is 11.1 Å². The molecule has 1 saturated heterocycles. The highest BCUT2D eigenvalue weighted by Gasteiger charge is 2.23. The number of benzene rings is 1. The molecule has 3 rings (SSSR count). The van der Waals surface area contributed by atoms with Gasteiger partial charge in [0.1, 0.15) is 0 Å². The third-order valence-electron chi connectivity index (χ3n) is 4.07. The molecular weight excluding hydrogens is 326 g/mol. The summed E-state index contributed by atoms with van der Waals surface area (Å²) in [6.07, 6.45) is 3.45. The van der Waals surface area contributed by atoms with E-state index in [2.05, 4.69) is 20.2 Å².